The third-order valence-corrected chi connectivity index (χ3v) is 3.73. The number of hydrogen-bond acceptors (Lipinski definition) is 4. The van der Waals surface area contributed by atoms with Crippen molar-refractivity contribution >= 4 is 5.91 Å². The minimum atomic E-state index is -0.580. The standard InChI is InChI=1S/C14H18N2O3/c1-16(13(17)14(15)5-6-14)7-4-10-2-3-11-12(8-10)19-9-18-11/h2-3,8H,4-7,9,15H2,1H3. The minimum Gasteiger partial charge on any atom is -0.454 e. The van der Waals surface area contributed by atoms with Crippen LogP contribution < -0.4 is 15.2 Å². The first-order valence-corrected chi connectivity index (χ1v) is 6.51. The van der Waals surface area contributed by atoms with Gasteiger partial charge in [0.2, 0.25) is 12.7 Å². The molecule has 1 aliphatic carbocycles. The molecular formula is C14H18N2O3. The normalized spacial score (nSPS) is 18.2. The van der Waals surface area contributed by atoms with Gasteiger partial charge in [0.15, 0.2) is 11.5 Å². The molecule has 3 rings (SSSR count). The predicted octanol–water partition coefficient (Wildman–Crippen LogP) is 0.907. The summed E-state index contributed by atoms with van der Waals surface area (Å²) in [7, 11) is 1.81. The second kappa shape index (κ2) is 4.42. The molecule has 1 aliphatic heterocycles. The number of carbonyl (C=O) groups excluding carboxylic acids is 1. The summed E-state index contributed by atoms with van der Waals surface area (Å²) in [5.41, 5.74) is 6.46. The van der Waals surface area contributed by atoms with Gasteiger partial charge in [0.1, 0.15) is 0 Å². The van der Waals surface area contributed by atoms with E-state index >= 15 is 0 Å². The van der Waals surface area contributed by atoms with Crippen LogP contribution in [0.1, 0.15) is 18.4 Å². The smallest absolute Gasteiger partial charge is 0.242 e. The van der Waals surface area contributed by atoms with E-state index in [4.69, 9.17) is 15.2 Å². The highest BCUT2D eigenvalue weighted by Crippen LogP contribution is 2.34. The van der Waals surface area contributed by atoms with Gasteiger partial charge in [-0.1, -0.05) is 6.07 Å². The third kappa shape index (κ3) is 2.38. The Hall–Kier alpha value is -1.75. The lowest BCUT2D eigenvalue weighted by Gasteiger charge is -2.20. The number of likely N-dealkylation sites (N-methyl/N-ethyl adjacent to an activating group) is 1. The second-order valence-electron chi connectivity index (χ2n) is 5.32. The number of ether oxygens (including phenoxy) is 2. The molecule has 0 bridgehead atoms. The van der Waals surface area contributed by atoms with E-state index in [0.29, 0.717) is 6.54 Å². The van der Waals surface area contributed by atoms with E-state index in [1.54, 1.807) is 4.90 Å². The first-order chi connectivity index (χ1) is 9.08. The molecule has 102 valence electrons. The van der Waals surface area contributed by atoms with Gasteiger partial charge in [-0.15, -0.1) is 0 Å². The number of nitrogens with zero attached hydrogens (tertiary/aromatic N) is 1. The van der Waals surface area contributed by atoms with Crippen molar-refractivity contribution in [3.05, 3.63) is 23.8 Å². The number of nitrogens with two attached hydrogens (primary N) is 1. The predicted molar refractivity (Wildman–Crippen MR) is 70.1 cm³/mol. The fourth-order valence-corrected chi connectivity index (χ4v) is 2.22. The van der Waals surface area contributed by atoms with Crippen LogP contribution in [0.15, 0.2) is 18.2 Å². The highest BCUT2D eigenvalue weighted by molar-refractivity contribution is 5.88. The summed E-state index contributed by atoms with van der Waals surface area (Å²) in [6, 6.07) is 5.88. The zero-order chi connectivity index (χ0) is 13.5. The molecular weight excluding hydrogens is 244 g/mol. The first-order valence-electron chi connectivity index (χ1n) is 6.51. The van der Waals surface area contributed by atoms with E-state index < -0.39 is 5.54 Å². The summed E-state index contributed by atoms with van der Waals surface area (Å²) in [6.07, 6.45) is 2.40. The maximum atomic E-state index is 12.0. The van der Waals surface area contributed by atoms with Crippen LogP contribution in [-0.4, -0.2) is 36.7 Å². The monoisotopic (exact) mass is 262 g/mol. The molecule has 19 heavy (non-hydrogen) atoms. The van der Waals surface area contributed by atoms with Crippen molar-refractivity contribution < 1.29 is 14.3 Å². The summed E-state index contributed by atoms with van der Waals surface area (Å²) in [6.45, 7) is 0.949. The lowest BCUT2D eigenvalue weighted by molar-refractivity contribution is -0.132. The molecule has 5 heteroatoms. The number of hydrogen-bond donors (Lipinski definition) is 1. The van der Waals surface area contributed by atoms with Gasteiger partial charge >= 0.3 is 0 Å². The fourth-order valence-electron chi connectivity index (χ4n) is 2.22. The van der Waals surface area contributed by atoms with Crippen molar-refractivity contribution in [3.63, 3.8) is 0 Å². The SMILES string of the molecule is CN(CCc1ccc2c(c1)OCO2)C(=O)C1(N)CC1. The van der Waals surface area contributed by atoms with E-state index in [-0.39, 0.29) is 12.7 Å². The lowest BCUT2D eigenvalue weighted by Crippen LogP contribution is -2.44. The van der Waals surface area contributed by atoms with Crippen LogP contribution in [-0.2, 0) is 11.2 Å². The van der Waals surface area contributed by atoms with Gasteiger partial charge in [-0.25, -0.2) is 0 Å². The van der Waals surface area contributed by atoms with E-state index in [1.807, 2.05) is 25.2 Å². The van der Waals surface area contributed by atoms with Crippen molar-refractivity contribution in [1.82, 2.24) is 4.90 Å². The van der Waals surface area contributed by atoms with E-state index in [9.17, 15) is 4.79 Å². The Morgan fingerprint density at radius 3 is 2.84 bits per heavy atom. The quantitative estimate of drug-likeness (QED) is 0.876. The van der Waals surface area contributed by atoms with E-state index in [1.165, 1.54) is 0 Å². The van der Waals surface area contributed by atoms with Crippen molar-refractivity contribution in [2.24, 2.45) is 5.73 Å². The van der Waals surface area contributed by atoms with Crippen LogP contribution in [0.2, 0.25) is 0 Å². The second-order valence-corrected chi connectivity index (χ2v) is 5.32. The van der Waals surface area contributed by atoms with Crippen molar-refractivity contribution in [2.75, 3.05) is 20.4 Å². The van der Waals surface area contributed by atoms with Crippen molar-refractivity contribution in [1.29, 1.82) is 0 Å². The molecule has 0 saturated heterocycles. The highest BCUT2D eigenvalue weighted by Gasteiger charge is 2.47. The van der Waals surface area contributed by atoms with Crippen LogP contribution in [0.4, 0.5) is 0 Å². The maximum absolute atomic E-state index is 12.0. The topological polar surface area (TPSA) is 64.8 Å². The largest absolute Gasteiger partial charge is 0.454 e. The van der Waals surface area contributed by atoms with E-state index in [2.05, 4.69) is 0 Å². The molecule has 1 aromatic rings. The molecule has 2 N–H and O–H groups in total. The molecule has 0 unspecified atom stereocenters. The van der Waals surface area contributed by atoms with Gasteiger partial charge in [0.25, 0.3) is 0 Å². The number of benzene rings is 1. The molecule has 1 saturated carbocycles. The Balaban J connectivity index is 1.58. The van der Waals surface area contributed by atoms with Gasteiger partial charge in [0.05, 0.1) is 5.54 Å². The Kier molecular flexibility index (Phi) is 2.86. The molecule has 2 aliphatic rings. The zero-order valence-corrected chi connectivity index (χ0v) is 11.0. The number of fused-ring (bicyclic) bond motifs is 1. The van der Waals surface area contributed by atoms with Gasteiger partial charge in [0, 0.05) is 13.6 Å². The van der Waals surface area contributed by atoms with Gasteiger partial charge < -0.3 is 20.1 Å². The number of carbonyl (C=O) groups is 1. The summed E-state index contributed by atoms with van der Waals surface area (Å²) >= 11 is 0. The number of amides is 1. The average Bonchev–Trinajstić information content (AvgIpc) is 3.00. The van der Waals surface area contributed by atoms with Crippen LogP contribution in [0.5, 0.6) is 11.5 Å². The molecule has 1 heterocycles. The van der Waals surface area contributed by atoms with Gasteiger partial charge in [-0.2, -0.15) is 0 Å². The lowest BCUT2D eigenvalue weighted by atomic mass is 10.1. The summed E-state index contributed by atoms with van der Waals surface area (Å²) in [4.78, 5) is 13.7. The van der Waals surface area contributed by atoms with E-state index in [0.717, 1.165) is 36.3 Å². The molecule has 0 atom stereocenters. The van der Waals surface area contributed by atoms with Crippen LogP contribution in [0.3, 0.4) is 0 Å². The third-order valence-electron chi connectivity index (χ3n) is 3.73. The summed E-state index contributed by atoms with van der Waals surface area (Å²) < 4.78 is 10.6. The Morgan fingerprint density at radius 2 is 2.11 bits per heavy atom. The highest BCUT2D eigenvalue weighted by atomic mass is 16.7. The zero-order valence-electron chi connectivity index (χ0n) is 11.0. The van der Waals surface area contributed by atoms with Crippen LogP contribution >= 0.6 is 0 Å². The molecule has 5 nitrogen and oxygen atoms in total. The summed E-state index contributed by atoms with van der Waals surface area (Å²) in [5, 5.41) is 0. The summed E-state index contributed by atoms with van der Waals surface area (Å²) in [5.74, 6) is 1.62. The van der Waals surface area contributed by atoms with Crippen molar-refractivity contribution in [2.45, 2.75) is 24.8 Å². The first kappa shape index (κ1) is 12.3. The minimum absolute atomic E-state index is 0.0493. The Morgan fingerprint density at radius 1 is 1.37 bits per heavy atom. The number of rotatable bonds is 4. The fraction of sp³-hybridized carbons (Fsp3) is 0.500. The molecule has 0 aromatic heterocycles. The Labute approximate surface area is 112 Å². The van der Waals surface area contributed by atoms with Crippen LogP contribution in [0, 0.1) is 0 Å². The molecule has 0 spiro atoms. The van der Waals surface area contributed by atoms with Gasteiger partial charge in [-0.05, 0) is 37.0 Å². The molecule has 1 fully saturated rings. The molecule has 0 radical (unpaired) electrons. The molecule has 1 amide bonds. The van der Waals surface area contributed by atoms with Gasteiger partial charge in [-0.3, -0.25) is 4.79 Å². The van der Waals surface area contributed by atoms with Crippen LogP contribution in [0.25, 0.3) is 0 Å². The Bertz CT molecular complexity index is 511. The average molecular weight is 262 g/mol. The van der Waals surface area contributed by atoms with Crippen molar-refractivity contribution in [3.8, 4) is 11.5 Å². The maximum Gasteiger partial charge on any atom is 0.242 e. The molecule has 1 aromatic carbocycles.